The van der Waals surface area contributed by atoms with Gasteiger partial charge in [-0.1, -0.05) is 0 Å². The van der Waals surface area contributed by atoms with Gasteiger partial charge in [0.15, 0.2) is 0 Å². The fourth-order valence-corrected chi connectivity index (χ4v) is 3.30. The number of aromatic nitrogens is 2. The summed E-state index contributed by atoms with van der Waals surface area (Å²) in [5.74, 6) is -0.133. The van der Waals surface area contributed by atoms with Crippen LogP contribution in [0, 0.1) is 0 Å². The second-order valence-electron chi connectivity index (χ2n) is 5.51. The van der Waals surface area contributed by atoms with Crippen LogP contribution in [0.1, 0.15) is 15.2 Å². The quantitative estimate of drug-likeness (QED) is 0.475. The predicted molar refractivity (Wildman–Crippen MR) is 103 cm³/mol. The molecule has 0 aromatic carbocycles. The third kappa shape index (κ3) is 4.42. The molecule has 0 atom stereocenters. The molecule has 7 nitrogen and oxygen atoms in total. The smallest absolute Gasteiger partial charge is 0.259 e. The van der Waals surface area contributed by atoms with Crippen LogP contribution in [0.3, 0.4) is 0 Å². The van der Waals surface area contributed by atoms with Crippen LogP contribution < -0.4 is 16.4 Å². The zero-order chi connectivity index (χ0) is 18.4. The lowest BCUT2D eigenvalue weighted by Gasteiger charge is -2.08. The summed E-state index contributed by atoms with van der Waals surface area (Å²) in [6, 6.07) is 9.15. The average molecular weight is 369 g/mol. The summed E-state index contributed by atoms with van der Waals surface area (Å²) in [6.45, 7) is 1.34. The molecule has 3 aromatic rings. The summed E-state index contributed by atoms with van der Waals surface area (Å²) in [7, 11) is 0. The van der Waals surface area contributed by atoms with Gasteiger partial charge < -0.3 is 21.5 Å². The van der Waals surface area contributed by atoms with Crippen molar-refractivity contribution in [1.82, 2.24) is 15.3 Å². The molecule has 134 valence electrons. The second-order valence-corrected chi connectivity index (χ2v) is 6.68. The SMILES string of the molecule is Nc1ncc(-c2ccc(CNCCO)s2)cc1C(=O)Nc1ccncc1. The van der Waals surface area contributed by atoms with Crippen LogP contribution in [0.25, 0.3) is 10.4 Å². The molecule has 0 aliphatic carbocycles. The third-order valence-electron chi connectivity index (χ3n) is 3.64. The van der Waals surface area contributed by atoms with E-state index < -0.39 is 0 Å². The number of nitrogens with two attached hydrogens (primary N) is 1. The highest BCUT2D eigenvalue weighted by atomic mass is 32.1. The number of thiophene rings is 1. The largest absolute Gasteiger partial charge is 0.395 e. The van der Waals surface area contributed by atoms with Crippen LogP contribution >= 0.6 is 11.3 Å². The molecule has 26 heavy (non-hydrogen) atoms. The van der Waals surface area contributed by atoms with Gasteiger partial charge in [-0.15, -0.1) is 11.3 Å². The van der Waals surface area contributed by atoms with Gasteiger partial charge in [0.25, 0.3) is 5.91 Å². The monoisotopic (exact) mass is 369 g/mol. The Balaban J connectivity index is 1.78. The van der Waals surface area contributed by atoms with Gasteiger partial charge in [-0.2, -0.15) is 0 Å². The van der Waals surface area contributed by atoms with E-state index in [4.69, 9.17) is 10.8 Å². The van der Waals surface area contributed by atoms with Crippen molar-refractivity contribution in [2.75, 3.05) is 24.2 Å². The van der Waals surface area contributed by atoms with Gasteiger partial charge in [0.05, 0.1) is 12.2 Å². The average Bonchev–Trinajstić information content (AvgIpc) is 3.12. The van der Waals surface area contributed by atoms with E-state index >= 15 is 0 Å². The minimum atomic E-state index is -0.315. The summed E-state index contributed by atoms with van der Waals surface area (Å²) >= 11 is 1.60. The maximum atomic E-state index is 12.5. The van der Waals surface area contributed by atoms with Gasteiger partial charge in [-0.3, -0.25) is 9.78 Å². The molecule has 0 bridgehead atoms. The van der Waals surface area contributed by atoms with Crippen molar-refractivity contribution in [2.45, 2.75) is 6.54 Å². The first kappa shape index (κ1) is 18.0. The van der Waals surface area contributed by atoms with Crippen LogP contribution in [0.2, 0.25) is 0 Å². The Hall–Kier alpha value is -2.81. The van der Waals surface area contributed by atoms with Gasteiger partial charge in [-0.05, 0) is 30.3 Å². The molecule has 8 heteroatoms. The van der Waals surface area contributed by atoms with Crippen LogP contribution in [0.15, 0.2) is 48.9 Å². The summed E-state index contributed by atoms with van der Waals surface area (Å²) < 4.78 is 0. The topological polar surface area (TPSA) is 113 Å². The molecule has 1 amide bonds. The number of amides is 1. The number of anilines is 2. The number of nitrogens with one attached hydrogen (secondary N) is 2. The molecular formula is C18H19N5O2S. The Morgan fingerprint density at radius 1 is 1.23 bits per heavy atom. The highest BCUT2D eigenvalue weighted by Crippen LogP contribution is 2.29. The van der Waals surface area contributed by atoms with Crippen molar-refractivity contribution < 1.29 is 9.90 Å². The van der Waals surface area contributed by atoms with Crippen LogP contribution in [0.4, 0.5) is 11.5 Å². The number of aliphatic hydroxyl groups excluding tert-OH is 1. The summed E-state index contributed by atoms with van der Waals surface area (Å²) in [4.78, 5) is 22.7. The predicted octanol–water partition coefficient (Wildman–Crippen LogP) is 2.12. The van der Waals surface area contributed by atoms with E-state index in [0.29, 0.717) is 24.3 Å². The molecule has 0 aliphatic rings. The Kier molecular flexibility index (Phi) is 5.90. The van der Waals surface area contributed by atoms with E-state index in [1.54, 1.807) is 48.1 Å². The minimum absolute atomic E-state index is 0.107. The van der Waals surface area contributed by atoms with Gasteiger partial charge in [0.1, 0.15) is 5.82 Å². The molecule has 0 unspecified atom stereocenters. The van der Waals surface area contributed by atoms with Gasteiger partial charge in [0, 0.05) is 52.7 Å². The first-order chi connectivity index (χ1) is 12.7. The van der Waals surface area contributed by atoms with Crippen molar-refractivity contribution in [1.29, 1.82) is 0 Å². The van der Waals surface area contributed by atoms with E-state index in [9.17, 15) is 4.79 Å². The number of pyridine rings is 2. The number of aliphatic hydroxyl groups is 1. The van der Waals surface area contributed by atoms with E-state index in [1.165, 1.54) is 0 Å². The number of hydrogen-bond acceptors (Lipinski definition) is 7. The Morgan fingerprint density at radius 3 is 2.81 bits per heavy atom. The number of hydrogen-bond donors (Lipinski definition) is 4. The van der Waals surface area contributed by atoms with Gasteiger partial charge in [0.2, 0.25) is 0 Å². The molecule has 0 spiro atoms. The Bertz CT molecular complexity index is 882. The highest BCUT2D eigenvalue weighted by Gasteiger charge is 2.14. The van der Waals surface area contributed by atoms with Crippen LogP contribution in [-0.4, -0.2) is 34.1 Å². The summed E-state index contributed by atoms with van der Waals surface area (Å²) in [6.07, 6.45) is 4.87. The van der Waals surface area contributed by atoms with Crippen molar-refractivity contribution in [3.8, 4) is 10.4 Å². The highest BCUT2D eigenvalue weighted by molar-refractivity contribution is 7.15. The van der Waals surface area contributed by atoms with E-state index in [2.05, 4.69) is 20.6 Å². The number of carbonyl (C=O) groups excluding carboxylic acids is 1. The molecule has 0 saturated carbocycles. The van der Waals surface area contributed by atoms with E-state index in [-0.39, 0.29) is 18.3 Å². The Morgan fingerprint density at radius 2 is 2.04 bits per heavy atom. The molecule has 0 radical (unpaired) electrons. The van der Waals surface area contributed by atoms with Crippen molar-refractivity contribution in [3.63, 3.8) is 0 Å². The van der Waals surface area contributed by atoms with Crippen LogP contribution in [0.5, 0.6) is 0 Å². The molecule has 5 N–H and O–H groups in total. The minimum Gasteiger partial charge on any atom is -0.395 e. The summed E-state index contributed by atoms with van der Waals surface area (Å²) in [5, 5.41) is 14.7. The molecule has 0 saturated heterocycles. The molecule has 0 aliphatic heterocycles. The maximum absolute atomic E-state index is 12.5. The number of nitrogens with zero attached hydrogens (tertiary/aromatic N) is 2. The fourth-order valence-electron chi connectivity index (χ4n) is 2.34. The maximum Gasteiger partial charge on any atom is 0.259 e. The lowest BCUT2D eigenvalue weighted by Crippen LogP contribution is -2.16. The molecule has 3 aromatic heterocycles. The molecular weight excluding hydrogens is 350 g/mol. The zero-order valence-electron chi connectivity index (χ0n) is 14.0. The van der Waals surface area contributed by atoms with Gasteiger partial charge in [-0.25, -0.2) is 4.98 Å². The molecule has 3 rings (SSSR count). The lowest BCUT2D eigenvalue weighted by atomic mass is 10.1. The second kappa shape index (κ2) is 8.52. The van der Waals surface area contributed by atoms with Crippen LogP contribution in [-0.2, 0) is 6.54 Å². The molecule has 0 fully saturated rings. The fraction of sp³-hybridized carbons (Fsp3) is 0.167. The van der Waals surface area contributed by atoms with E-state index in [0.717, 1.165) is 15.3 Å². The third-order valence-corrected chi connectivity index (χ3v) is 4.77. The first-order valence-electron chi connectivity index (χ1n) is 8.05. The van der Waals surface area contributed by atoms with Crippen molar-refractivity contribution >= 4 is 28.7 Å². The van der Waals surface area contributed by atoms with Gasteiger partial charge >= 0.3 is 0 Å². The number of carbonyl (C=O) groups is 1. The number of nitrogen functional groups attached to an aromatic ring is 1. The van der Waals surface area contributed by atoms with Crippen molar-refractivity contribution in [2.24, 2.45) is 0 Å². The Labute approximate surface area is 154 Å². The lowest BCUT2D eigenvalue weighted by molar-refractivity contribution is 0.102. The first-order valence-corrected chi connectivity index (χ1v) is 8.86. The van der Waals surface area contributed by atoms with E-state index in [1.807, 2.05) is 12.1 Å². The van der Waals surface area contributed by atoms with Crippen molar-refractivity contribution in [3.05, 3.63) is 59.4 Å². The normalized spacial score (nSPS) is 10.7. The molecule has 3 heterocycles. The summed E-state index contributed by atoms with van der Waals surface area (Å²) in [5.41, 5.74) is 7.69. The zero-order valence-corrected chi connectivity index (χ0v) is 14.8. The standard InChI is InChI=1S/C18H19N5O2S/c19-17-15(18(25)23-13-3-5-20-6-4-13)9-12(10-22-17)16-2-1-14(26-16)11-21-7-8-24/h1-6,9-10,21,24H,7-8,11H2,(H2,19,22)(H,20,23,25). The number of rotatable bonds is 7.